The topological polar surface area (TPSA) is 137 Å². The van der Waals surface area contributed by atoms with Crippen LogP contribution in [0.4, 0.5) is 5.95 Å². The molecular formula is C15H21N5O5. The van der Waals surface area contributed by atoms with Crippen LogP contribution in [0, 0.1) is 0 Å². The van der Waals surface area contributed by atoms with Crippen LogP contribution in [0.1, 0.15) is 25.5 Å². The van der Waals surface area contributed by atoms with E-state index in [0.717, 1.165) is 32.4 Å². The average Bonchev–Trinajstić information content (AvgIpc) is 3.15. The van der Waals surface area contributed by atoms with E-state index >= 15 is 0 Å². The molecule has 0 amide bonds. The number of imidazole rings is 1. The van der Waals surface area contributed by atoms with Gasteiger partial charge in [-0.25, -0.2) is 9.97 Å². The molecule has 2 aliphatic rings. The van der Waals surface area contributed by atoms with Gasteiger partial charge in [0.25, 0.3) is 5.56 Å². The third-order valence-corrected chi connectivity index (χ3v) is 4.88. The second-order valence-electron chi connectivity index (χ2n) is 6.46. The highest BCUT2D eigenvalue weighted by atomic mass is 16.6. The number of fused-ring (bicyclic) bond motifs is 1. The molecule has 2 aromatic rings. The number of aromatic amines is 1. The summed E-state index contributed by atoms with van der Waals surface area (Å²) in [5.41, 5.74) is 0.0497. The Kier molecular flexibility index (Phi) is 4.20. The van der Waals surface area contributed by atoms with Crippen molar-refractivity contribution in [2.45, 2.75) is 43.8 Å². The largest absolute Gasteiger partial charge is 0.394 e. The van der Waals surface area contributed by atoms with E-state index in [2.05, 4.69) is 15.0 Å². The molecule has 10 nitrogen and oxygen atoms in total. The summed E-state index contributed by atoms with van der Waals surface area (Å²) in [4.78, 5) is 25.3. The van der Waals surface area contributed by atoms with Crippen molar-refractivity contribution in [2.24, 2.45) is 0 Å². The molecule has 0 unspecified atom stereocenters. The Hall–Kier alpha value is -2.01. The van der Waals surface area contributed by atoms with Gasteiger partial charge in [0, 0.05) is 13.1 Å². The summed E-state index contributed by atoms with van der Waals surface area (Å²) < 4.78 is 7.21. The molecule has 0 spiro atoms. The second-order valence-corrected chi connectivity index (χ2v) is 6.46. The normalized spacial score (nSPS) is 30.3. The molecule has 0 aromatic carbocycles. The van der Waals surface area contributed by atoms with E-state index in [1.54, 1.807) is 4.57 Å². The van der Waals surface area contributed by atoms with Crippen LogP contribution < -0.4 is 10.5 Å². The molecule has 4 atom stereocenters. The third kappa shape index (κ3) is 2.61. The Bertz CT molecular complexity index is 814. The van der Waals surface area contributed by atoms with Crippen LogP contribution in [-0.2, 0) is 4.74 Å². The molecule has 2 aromatic heterocycles. The maximum absolute atomic E-state index is 12.1. The molecule has 4 rings (SSSR count). The Labute approximate surface area is 142 Å². The average molecular weight is 351 g/mol. The van der Waals surface area contributed by atoms with Gasteiger partial charge in [0.05, 0.1) is 12.9 Å². The van der Waals surface area contributed by atoms with Crippen LogP contribution in [0.25, 0.3) is 11.2 Å². The van der Waals surface area contributed by atoms with Crippen LogP contribution in [-0.4, -0.2) is 72.8 Å². The number of aliphatic hydroxyl groups is 3. The van der Waals surface area contributed by atoms with Gasteiger partial charge in [0.2, 0.25) is 5.95 Å². The summed E-state index contributed by atoms with van der Waals surface area (Å²) >= 11 is 0. The van der Waals surface area contributed by atoms with Gasteiger partial charge in [-0.3, -0.25) is 9.36 Å². The fraction of sp³-hybridized carbons (Fsp3) is 0.667. The number of anilines is 1. The van der Waals surface area contributed by atoms with Crippen LogP contribution in [0.2, 0.25) is 0 Å². The minimum Gasteiger partial charge on any atom is -0.394 e. The van der Waals surface area contributed by atoms with E-state index < -0.39 is 31.1 Å². The van der Waals surface area contributed by atoms with Gasteiger partial charge in [-0.15, -0.1) is 0 Å². The smallest absolute Gasteiger partial charge is 0.278 e. The number of piperidine rings is 1. The summed E-state index contributed by atoms with van der Waals surface area (Å²) in [5.74, 6) is 0.480. The van der Waals surface area contributed by atoms with Gasteiger partial charge < -0.3 is 29.9 Å². The molecule has 10 heteroatoms. The third-order valence-electron chi connectivity index (χ3n) is 4.88. The van der Waals surface area contributed by atoms with Crippen molar-refractivity contribution in [3.05, 3.63) is 16.7 Å². The quantitative estimate of drug-likeness (QED) is 0.537. The molecule has 136 valence electrons. The van der Waals surface area contributed by atoms with Crippen molar-refractivity contribution < 1.29 is 20.1 Å². The lowest BCUT2D eigenvalue weighted by Crippen LogP contribution is -2.35. The lowest BCUT2D eigenvalue weighted by Gasteiger charge is -2.30. The summed E-state index contributed by atoms with van der Waals surface area (Å²) in [6.07, 6.45) is 0.0132. The second kappa shape index (κ2) is 6.37. The van der Waals surface area contributed by atoms with Crippen LogP contribution in [0.3, 0.4) is 0 Å². The van der Waals surface area contributed by atoms with E-state index in [9.17, 15) is 20.1 Å². The molecule has 2 saturated heterocycles. The highest BCUT2D eigenvalue weighted by Crippen LogP contribution is 2.35. The van der Waals surface area contributed by atoms with Crippen molar-refractivity contribution in [1.29, 1.82) is 0 Å². The first-order valence-corrected chi connectivity index (χ1v) is 8.45. The van der Waals surface area contributed by atoms with E-state index in [1.165, 1.54) is 6.33 Å². The molecule has 25 heavy (non-hydrogen) atoms. The lowest BCUT2D eigenvalue weighted by molar-refractivity contribution is -0.0504. The first kappa shape index (κ1) is 16.5. The van der Waals surface area contributed by atoms with Gasteiger partial charge in [0.1, 0.15) is 18.3 Å². The van der Waals surface area contributed by atoms with Crippen molar-refractivity contribution in [2.75, 3.05) is 24.6 Å². The number of nitrogens with zero attached hydrogens (tertiary/aromatic N) is 4. The molecule has 4 heterocycles. The van der Waals surface area contributed by atoms with Crippen LogP contribution in [0.5, 0.6) is 0 Å². The minimum absolute atomic E-state index is 0.154. The Morgan fingerprint density at radius 1 is 1.24 bits per heavy atom. The number of aromatic nitrogens is 4. The highest BCUT2D eigenvalue weighted by molar-refractivity contribution is 5.73. The van der Waals surface area contributed by atoms with Gasteiger partial charge >= 0.3 is 0 Å². The Balaban J connectivity index is 1.86. The molecule has 0 aliphatic carbocycles. The van der Waals surface area contributed by atoms with Crippen molar-refractivity contribution in [3.8, 4) is 0 Å². The number of H-pyrrole nitrogens is 1. The zero-order chi connectivity index (χ0) is 17.6. The predicted octanol–water partition coefficient (Wildman–Crippen LogP) is -1.28. The summed E-state index contributed by atoms with van der Waals surface area (Å²) in [7, 11) is 0. The maximum atomic E-state index is 12.1. The molecule has 0 bridgehead atoms. The SMILES string of the molecule is O=c1[nH]cnc2c1nc(N1CCCCC1)n2[C@@H]1O[C@@H](CO)[C@@H](O)[C@H]1O. The van der Waals surface area contributed by atoms with Crippen molar-refractivity contribution >= 4 is 17.1 Å². The van der Waals surface area contributed by atoms with Gasteiger partial charge in [-0.1, -0.05) is 0 Å². The number of rotatable bonds is 3. The zero-order valence-corrected chi connectivity index (χ0v) is 13.6. The standard InChI is InChI=1S/C15H21N5O5/c21-6-8-10(22)11(23)14(25-8)20-12-9(13(24)17-7-16-12)18-15(20)19-4-2-1-3-5-19/h7-8,10-11,14,21-23H,1-6H2,(H,16,17,24)/t8-,10+,11+,14+/m0/s1. The van der Waals surface area contributed by atoms with Crippen LogP contribution in [0.15, 0.2) is 11.1 Å². The monoisotopic (exact) mass is 351 g/mol. The van der Waals surface area contributed by atoms with Gasteiger partial charge in [-0.05, 0) is 19.3 Å². The zero-order valence-electron chi connectivity index (χ0n) is 13.6. The fourth-order valence-corrected chi connectivity index (χ4v) is 3.55. The Morgan fingerprint density at radius 2 is 2.00 bits per heavy atom. The summed E-state index contributed by atoms with van der Waals surface area (Å²) in [6.45, 7) is 1.13. The summed E-state index contributed by atoms with van der Waals surface area (Å²) in [6, 6.07) is 0. The number of hydrogen-bond donors (Lipinski definition) is 4. The van der Waals surface area contributed by atoms with Gasteiger partial charge in [0.15, 0.2) is 17.4 Å². The highest BCUT2D eigenvalue weighted by Gasteiger charge is 2.45. The predicted molar refractivity (Wildman–Crippen MR) is 87.2 cm³/mol. The number of nitrogens with one attached hydrogen (secondary N) is 1. The summed E-state index contributed by atoms with van der Waals surface area (Å²) in [5, 5.41) is 29.8. The number of ether oxygens (including phenoxy) is 1. The number of aliphatic hydroxyl groups excluding tert-OH is 3. The lowest BCUT2D eigenvalue weighted by atomic mass is 10.1. The molecule has 2 fully saturated rings. The maximum Gasteiger partial charge on any atom is 0.278 e. The number of hydrogen-bond acceptors (Lipinski definition) is 8. The van der Waals surface area contributed by atoms with Crippen molar-refractivity contribution in [1.82, 2.24) is 19.5 Å². The molecular weight excluding hydrogens is 330 g/mol. The van der Waals surface area contributed by atoms with E-state index in [-0.39, 0.29) is 16.7 Å². The molecule has 4 N–H and O–H groups in total. The molecule has 0 radical (unpaired) electrons. The Morgan fingerprint density at radius 3 is 2.68 bits per heavy atom. The van der Waals surface area contributed by atoms with E-state index in [0.29, 0.717) is 5.95 Å². The van der Waals surface area contributed by atoms with Crippen LogP contribution >= 0.6 is 0 Å². The first-order valence-electron chi connectivity index (χ1n) is 8.45. The van der Waals surface area contributed by atoms with E-state index in [4.69, 9.17) is 4.74 Å². The van der Waals surface area contributed by atoms with E-state index in [1.807, 2.05) is 4.90 Å². The fourth-order valence-electron chi connectivity index (χ4n) is 3.55. The first-order chi connectivity index (χ1) is 12.1. The molecule has 2 aliphatic heterocycles. The minimum atomic E-state index is -1.26. The van der Waals surface area contributed by atoms with Gasteiger partial charge in [-0.2, -0.15) is 0 Å². The molecule has 0 saturated carbocycles. The van der Waals surface area contributed by atoms with Crippen molar-refractivity contribution in [3.63, 3.8) is 0 Å².